The number of nitrogens with one attached hydrogen (secondary N) is 1. The molecule has 29 heavy (non-hydrogen) atoms. The van der Waals surface area contributed by atoms with Gasteiger partial charge in [-0.3, -0.25) is 4.79 Å². The number of anilines is 1. The van der Waals surface area contributed by atoms with E-state index in [1.165, 1.54) is 16.7 Å². The van der Waals surface area contributed by atoms with Crippen LogP contribution in [0, 0.1) is 27.7 Å². The summed E-state index contributed by atoms with van der Waals surface area (Å²) >= 11 is 6.26. The van der Waals surface area contributed by atoms with Gasteiger partial charge in [-0.15, -0.1) is 0 Å². The van der Waals surface area contributed by atoms with Crippen LogP contribution in [0.5, 0.6) is 0 Å². The first-order valence-corrected chi connectivity index (χ1v) is 9.32. The molecule has 3 rings (SSSR count). The molecule has 0 aliphatic heterocycles. The Kier molecular flexibility index (Phi) is 5.50. The minimum Gasteiger partial charge on any atom is -0.320 e. The zero-order chi connectivity index (χ0) is 21.5. The molecule has 0 radical (unpaired) electrons. The third kappa shape index (κ3) is 4.03. The number of para-hydroxylation sites is 1. The first-order chi connectivity index (χ1) is 13.5. The van der Waals surface area contributed by atoms with E-state index in [2.05, 4.69) is 5.32 Å². The average molecular weight is 421 g/mol. The van der Waals surface area contributed by atoms with Gasteiger partial charge in [0, 0.05) is 11.4 Å². The van der Waals surface area contributed by atoms with Gasteiger partial charge in [0.15, 0.2) is 0 Å². The molecule has 1 N–H and O–H groups in total. The van der Waals surface area contributed by atoms with Gasteiger partial charge in [-0.2, -0.15) is 13.2 Å². The van der Waals surface area contributed by atoms with E-state index >= 15 is 0 Å². The lowest BCUT2D eigenvalue weighted by molar-refractivity contribution is -0.137. The Morgan fingerprint density at radius 2 is 1.69 bits per heavy atom. The van der Waals surface area contributed by atoms with Crippen LogP contribution < -0.4 is 5.32 Å². The molecule has 3 aromatic rings. The lowest BCUT2D eigenvalue weighted by atomic mass is 10.1. The second kappa shape index (κ2) is 7.59. The third-order valence-corrected chi connectivity index (χ3v) is 5.09. The molecule has 0 aliphatic carbocycles. The average Bonchev–Trinajstić information content (AvgIpc) is 2.91. The van der Waals surface area contributed by atoms with Crippen molar-refractivity contribution in [3.63, 3.8) is 0 Å². The largest absolute Gasteiger partial charge is 0.418 e. The van der Waals surface area contributed by atoms with E-state index in [4.69, 9.17) is 11.6 Å². The molecular formula is C22H20ClF3N2O. The van der Waals surface area contributed by atoms with E-state index in [-0.39, 0.29) is 11.3 Å². The Balaban J connectivity index is 2.05. The van der Waals surface area contributed by atoms with Crippen molar-refractivity contribution in [2.75, 3.05) is 5.32 Å². The lowest BCUT2D eigenvalue weighted by Gasteiger charge is -2.17. The van der Waals surface area contributed by atoms with Crippen molar-refractivity contribution in [2.45, 2.75) is 33.9 Å². The number of aromatic nitrogens is 1. The van der Waals surface area contributed by atoms with E-state index in [0.717, 1.165) is 17.2 Å². The summed E-state index contributed by atoms with van der Waals surface area (Å²) in [6.45, 7) is 7.02. The molecule has 0 unspecified atom stereocenters. The van der Waals surface area contributed by atoms with E-state index in [9.17, 15) is 18.0 Å². The summed E-state index contributed by atoms with van der Waals surface area (Å²) in [6, 6.07) is 10.5. The van der Waals surface area contributed by atoms with Crippen LogP contribution in [-0.4, -0.2) is 10.5 Å². The second-order valence-corrected chi connectivity index (χ2v) is 7.44. The smallest absolute Gasteiger partial charge is 0.320 e. The van der Waals surface area contributed by atoms with Crippen molar-refractivity contribution in [1.29, 1.82) is 0 Å². The van der Waals surface area contributed by atoms with Crippen LogP contribution in [0.2, 0.25) is 5.02 Å². The van der Waals surface area contributed by atoms with Crippen LogP contribution in [0.15, 0.2) is 42.5 Å². The van der Waals surface area contributed by atoms with Gasteiger partial charge in [0.1, 0.15) is 0 Å². The molecule has 3 nitrogen and oxygen atoms in total. The number of alkyl halides is 3. The molecule has 152 valence electrons. The fraction of sp³-hybridized carbons (Fsp3) is 0.227. The van der Waals surface area contributed by atoms with Crippen LogP contribution in [0.25, 0.3) is 5.69 Å². The fourth-order valence-electron chi connectivity index (χ4n) is 3.53. The van der Waals surface area contributed by atoms with Crippen molar-refractivity contribution in [3.05, 3.63) is 81.1 Å². The van der Waals surface area contributed by atoms with Gasteiger partial charge in [-0.1, -0.05) is 29.8 Å². The molecule has 7 heteroatoms. The summed E-state index contributed by atoms with van der Waals surface area (Å²) in [5.41, 5.74) is 2.71. The summed E-state index contributed by atoms with van der Waals surface area (Å²) < 4.78 is 41.8. The normalized spacial score (nSPS) is 11.6. The molecule has 2 aromatic carbocycles. The number of carbonyl (C=O) groups is 1. The Hall–Kier alpha value is -2.73. The van der Waals surface area contributed by atoms with Gasteiger partial charge in [0.05, 0.1) is 27.5 Å². The summed E-state index contributed by atoms with van der Waals surface area (Å²) in [7, 11) is 0. The number of nitrogens with zero attached hydrogens (tertiary/aromatic N) is 1. The van der Waals surface area contributed by atoms with Gasteiger partial charge < -0.3 is 9.88 Å². The molecule has 0 spiro atoms. The van der Waals surface area contributed by atoms with Crippen molar-refractivity contribution in [2.24, 2.45) is 0 Å². The van der Waals surface area contributed by atoms with Gasteiger partial charge in [-0.05, 0) is 63.1 Å². The number of carbonyl (C=O) groups excluding carboxylic acids is 1. The number of hydrogen-bond donors (Lipinski definition) is 1. The highest BCUT2D eigenvalue weighted by atomic mass is 35.5. The van der Waals surface area contributed by atoms with Gasteiger partial charge in [-0.25, -0.2) is 0 Å². The zero-order valence-electron chi connectivity index (χ0n) is 16.4. The monoisotopic (exact) mass is 420 g/mol. The van der Waals surface area contributed by atoms with Crippen molar-refractivity contribution in [1.82, 2.24) is 4.57 Å². The number of hydrogen-bond acceptors (Lipinski definition) is 1. The molecule has 0 fully saturated rings. The van der Waals surface area contributed by atoms with E-state index < -0.39 is 17.6 Å². The molecule has 0 saturated heterocycles. The Labute approximate surface area is 172 Å². The third-order valence-electron chi connectivity index (χ3n) is 4.80. The number of rotatable bonds is 3. The predicted octanol–water partition coefficient (Wildman–Crippen LogP) is 6.64. The Morgan fingerprint density at radius 1 is 1.03 bits per heavy atom. The maximum absolute atomic E-state index is 13.5. The SMILES string of the molecule is Cc1cc(C)c(NC(=O)c2cc(C)n(-c3ccccc3C(F)(F)F)c2C)c(Cl)c1. The standard InChI is InChI=1S/C22H20ClF3N2O/c1-12-9-13(2)20(18(23)10-12)27-21(29)16-11-14(3)28(15(16)4)19-8-6-5-7-17(19)22(24,25)26/h5-11H,1-4H3,(H,27,29). The number of aryl methyl sites for hydroxylation is 3. The zero-order valence-corrected chi connectivity index (χ0v) is 17.2. The van der Waals surface area contributed by atoms with E-state index in [1.807, 2.05) is 19.9 Å². The summed E-state index contributed by atoms with van der Waals surface area (Å²) in [5.74, 6) is -0.428. The lowest BCUT2D eigenvalue weighted by Crippen LogP contribution is -2.15. The van der Waals surface area contributed by atoms with Crippen molar-refractivity contribution >= 4 is 23.2 Å². The minimum atomic E-state index is -4.51. The highest BCUT2D eigenvalue weighted by Crippen LogP contribution is 2.36. The maximum atomic E-state index is 13.5. The van der Waals surface area contributed by atoms with Gasteiger partial charge in [0.2, 0.25) is 0 Å². The molecular weight excluding hydrogens is 401 g/mol. The summed E-state index contributed by atoms with van der Waals surface area (Å²) in [5, 5.41) is 3.20. The Morgan fingerprint density at radius 3 is 2.31 bits per heavy atom. The number of benzene rings is 2. The van der Waals surface area contributed by atoms with Crippen LogP contribution >= 0.6 is 11.6 Å². The highest BCUT2D eigenvalue weighted by molar-refractivity contribution is 6.34. The first-order valence-electron chi connectivity index (χ1n) is 8.94. The first kappa shape index (κ1) is 21.0. The molecule has 1 heterocycles. The molecule has 0 atom stereocenters. The van der Waals surface area contributed by atoms with Gasteiger partial charge in [0.25, 0.3) is 5.91 Å². The van der Waals surface area contributed by atoms with E-state index in [0.29, 0.717) is 22.1 Å². The molecule has 0 bridgehead atoms. The number of amides is 1. The molecule has 0 aliphatic rings. The maximum Gasteiger partial charge on any atom is 0.418 e. The summed E-state index contributed by atoms with van der Waals surface area (Å²) in [4.78, 5) is 12.9. The van der Waals surface area contributed by atoms with Crippen molar-refractivity contribution < 1.29 is 18.0 Å². The minimum absolute atomic E-state index is 0.0152. The van der Waals surface area contributed by atoms with Crippen LogP contribution in [0.1, 0.15) is 38.4 Å². The molecule has 1 aromatic heterocycles. The van der Waals surface area contributed by atoms with Crippen LogP contribution in [0.3, 0.4) is 0 Å². The fourth-order valence-corrected chi connectivity index (χ4v) is 3.90. The highest BCUT2D eigenvalue weighted by Gasteiger charge is 2.34. The summed E-state index contributed by atoms with van der Waals surface area (Å²) in [6.07, 6.45) is -4.51. The van der Waals surface area contributed by atoms with Gasteiger partial charge >= 0.3 is 6.18 Å². The quantitative estimate of drug-likeness (QED) is 0.506. The second-order valence-electron chi connectivity index (χ2n) is 7.03. The number of halogens is 4. The molecule has 1 amide bonds. The predicted molar refractivity (Wildman–Crippen MR) is 109 cm³/mol. The Bertz CT molecular complexity index is 1080. The topological polar surface area (TPSA) is 34.0 Å². The van der Waals surface area contributed by atoms with E-state index in [1.54, 1.807) is 32.0 Å². The molecule has 0 saturated carbocycles. The van der Waals surface area contributed by atoms with Crippen molar-refractivity contribution in [3.8, 4) is 5.69 Å². The van der Waals surface area contributed by atoms with Crippen LogP contribution in [0.4, 0.5) is 18.9 Å². The van der Waals surface area contributed by atoms with Crippen LogP contribution in [-0.2, 0) is 6.18 Å².